The summed E-state index contributed by atoms with van der Waals surface area (Å²) in [7, 11) is 1.66. The number of carbonyl (C=O) groups is 1. The van der Waals surface area contributed by atoms with Crippen molar-refractivity contribution in [2.75, 3.05) is 20.2 Å². The molecule has 5 rings (SSSR count). The van der Waals surface area contributed by atoms with Crippen LogP contribution in [0.5, 0.6) is 5.75 Å². The normalized spacial score (nSPS) is 13.9. The number of ether oxygens (including phenoxy) is 1. The molecule has 1 N–H and O–H groups in total. The predicted octanol–water partition coefficient (Wildman–Crippen LogP) is 3.58. The molecule has 1 saturated heterocycles. The van der Waals surface area contributed by atoms with Crippen LogP contribution in [0.2, 0.25) is 0 Å². The highest BCUT2D eigenvalue weighted by Crippen LogP contribution is 2.26. The molecular weight excluding hydrogens is 390 g/mol. The van der Waals surface area contributed by atoms with Gasteiger partial charge in [-0.2, -0.15) is 5.10 Å². The van der Waals surface area contributed by atoms with Crippen LogP contribution in [0.15, 0.2) is 73.1 Å². The lowest BCUT2D eigenvalue weighted by atomic mass is 10.0. The molecule has 0 spiro atoms. The Kier molecular flexibility index (Phi) is 4.92. The Hall–Kier alpha value is -3.64. The van der Waals surface area contributed by atoms with Crippen LogP contribution in [0.25, 0.3) is 21.9 Å². The second-order valence-corrected chi connectivity index (χ2v) is 7.92. The van der Waals surface area contributed by atoms with Crippen molar-refractivity contribution < 1.29 is 14.6 Å². The minimum absolute atomic E-state index is 0.0314. The number of carbonyl (C=O) groups excluding carboxylic acids is 1. The number of aliphatic hydroxyl groups is 1. The van der Waals surface area contributed by atoms with E-state index in [9.17, 15) is 9.90 Å². The van der Waals surface area contributed by atoms with Gasteiger partial charge < -0.3 is 14.7 Å². The van der Waals surface area contributed by atoms with Crippen molar-refractivity contribution in [3.05, 3.63) is 84.2 Å². The molecule has 1 aliphatic rings. The molecule has 1 aromatic heterocycles. The lowest BCUT2D eigenvalue weighted by Crippen LogP contribution is -2.53. The average molecular weight is 413 g/mol. The van der Waals surface area contributed by atoms with Gasteiger partial charge in [0.2, 0.25) is 0 Å². The second kappa shape index (κ2) is 7.89. The van der Waals surface area contributed by atoms with Crippen LogP contribution in [0.3, 0.4) is 0 Å². The van der Waals surface area contributed by atoms with Crippen molar-refractivity contribution >= 4 is 16.7 Å². The third-order valence-corrected chi connectivity index (χ3v) is 5.71. The highest BCUT2D eigenvalue weighted by Gasteiger charge is 2.29. The second-order valence-electron chi connectivity index (χ2n) is 7.92. The smallest absolute Gasteiger partial charge is 0.254 e. The van der Waals surface area contributed by atoms with Gasteiger partial charge in [-0.3, -0.25) is 9.48 Å². The monoisotopic (exact) mass is 413 g/mol. The highest BCUT2D eigenvalue weighted by atomic mass is 16.5. The number of fused-ring (bicyclic) bond motifs is 1. The molecule has 31 heavy (non-hydrogen) atoms. The summed E-state index contributed by atoms with van der Waals surface area (Å²) in [6.07, 6.45) is 3.52. The molecule has 0 saturated carbocycles. The molecule has 1 amide bonds. The van der Waals surface area contributed by atoms with Crippen LogP contribution in [0.1, 0.15) is 15.9 Å². The van der Waals surface area contributed by atoms with Crippen molar-refractivity contribution in [2.45, 2.75) is 12.6 Å². The van der Waals surface area contributed by atoms with Gasteiger partial charge in [0.15, 0.2) is 0 Å². The Morgan fingerprint density at radius 1 is 1.03 bits per heavy atom. The van der Waals surface area contributed by atoms with Crippen molar-refractivity contribution in [2.24, 2.45) is 0 Å². The van der Waals surface area contributed by atoms with Gasteiger partial charge in [-0.15, -0.1) is 0 Å². The zero-order chi connectivity index (χ0) is 21.4. The summed E-state index contributed by atoms with van der Waals surface area (Å²) >= 11 is 0. The minimum atomic E-state index is -0.391. The van der Waals surface area contributed by atoms with Crippen LogP contribution in [0, 0.1) is 0 Å². The molecule has 2 heterocycles. The van der Waals surface area contributed by atoms with Crippen LogP contribution in [-0.4, -0.2) is 52.0 Å². The summed E-state index contributed by atoms with van der Waals surface area (Å²) in [5, 5.41) is 16.0. The number of rotatable bonds is 5. The number of aromatic nitrogens is 2. The van der Waals surface area contributed by atoms with Gasteiger partial charge in [-0.25, -0.2) is 0 Å². The minimum Gasteiger partial charge on any atom is -0.497 e. The quantitative estimate of drug-likeness (QED) is 0.543. The topological polar surface area (TPSA) is 67.6 Å². The summed E-state index contributed by atoms with van der Waals surface area (Å²) in [6.45, 7) is 1.51. The number of hydrogen-bond donors (Lipinski definition) is 1. The maximum atomic E-state index is 12.5. The van der Waals surface area contributed by atoms with Crippen LogP contribution in [-0.2, 0) is 6.54 Å². The number of amides is 1. The van der Waals surface area contributed by atoms with E-state index in [1.807, 2.05) is 65.6 Å². The molecule has 1 fully saturated rings. The van der Waals surface area contributed by atoms with Crippen molar-refractivity contribution in [1.82, 2.24) is 14.7 Å². The fourth-order valence-corrected chi connectivity index (χ4v) is 3.88. The first-order valence-electron chi connectivity index (χ1n) is 10.3. The van der Waals surface area contributed by atoms with Crippen LogP contribution >= 0.6 is 0 Å². The first-order valence-corrected chi connectivity index (χ1v) is 10.3. The molecule has 1 aliphatic heterocycles. The summed E-state index contributed by atoms with van der Waals surface area (Å²) in [5.41, 5.74) is 3.93. The number of aliphatic hydroxyl groups excluding tert-OH is 1. The molecule has 6 nitrogen and oxygen atoms in total. The molecule has 6 heteroatoms. The van der Waals surface area contributed by atoms with E-state index in [-0.39, 0.29) is 5.91 Å². The fourth-order valence-electron chi connectivity index (χ4n) is 3.88. The average Bonchev–Trinajstić information content (AvgIpc) is 3.25. The number of likely N-dealkylation sites (tertiary alicyclic amines) is 1. The zero-order valence-electron chi connectivity index (χ0n) is 17.2. The summed E-state index contributed by atoms with van der Waals surface area (Å²) in [6, 6.07) is 19.9. The summed E-state index contributed by atoms with van der Waals surface area (Å²) in [5.74, 6) is 0.810. The lowest BCUT2D eigenvalue weighted by Gasteiger charge is -2.35. The molecule has 0 bridgehead atoms. The van der Waals surface area contributed by atoms with E-state index in [2.05, 4.69) is 17.2 Å². The largest absolute Gasteiger partial charge is 0.497 e. The number of nitrogens with zero attached hydrogens (tertiary/aromatic N) is 3. The predicted molar refractivity (Wildman–Crippen MR) is 119 cm³/mol. The van der Waals surface area contributed by atoms with Gasteiger partial charge in [0.25, 0.3) is 5.91 Å². The molecule has 0 unspecified atom stereocenters. The van der Waals surface area contributed by atoms with Crippen molar-refractivity contribution in [1.29, 1.82) is 0 Å². The lowest BCUT2D eigenvalue weighted by molar-refractivity contribution is 0.00591. The number of β-amino-alcohol motifs (C(OH)–C–C–N with tert-alkyl or cyclic N) is 1. The van der Waals surface area contributed by atoms with E-state index in [0.717, 1.165) is 33.2 Å². The zero-order valence-corrected chi connectivity index (χ0v) is 17.2. The number of benzene rings is 3. The van der Waals surface area contributed by atoms with Crippen molar-refractivity contribution in [3.8, 4) is 16.9 Å². The SMILES string of the molecule is COc1ccc(Cn2cc(-c3ccc4cc(C(=O)N5CC(O)C5)ccc4c3)cn2)cc1. The first kappa shape index (κ1) is 19.3. The standard InChI is InChI=1S/C25H23N3O3/c1-31-24-8-2-17(3-9-24)13-28-14-22(12-26-28)20-5-4-19-11-21(7-6-18(19)10-20)25(30)27-15-23(29)16-27/h2-12,14,23,29H,13,15-16H2,1H3. The van der Waals surface area contributed by atoms with E-state index < -0.39 is 6.10 Å². The van der Waals surface area contributed by atoms with E-state index in [1.54, 1.807) is 12.0 Å². The Balaban J connectivity index is 1.34. The maximum Gasteiger partial charge on any atom is 0.254 e. The summed E-state index contributed by atoms with van der Waals surface area (Å²) < 4.78 is 7.13. The summed E-state index contributed by atoms with van der Waals surface area (Å²) in [4.78, 5) is 14.2. The Bertz CT molecular complexity index is 1240. The Morgan fingerprint density at radius 3 is 2.52 bits per heavy atom. The van der Waals surface area contributed by atoms with Crippen LogP contribution in [0.4, 0.5) is 0 Å². The Labute approximate surface area is 180 Å². The number of hydrogen-bond acceptors (Lipinski definition) is 4. The van der Waals surface area contributed by atoms with Gasteiger partial charge in [-0.1, -0.05) is 30.3 Å². The van der Waals surface area contributed by atoms with Gasteiger partial charge in [0, 0.05) is 30.4 Å². The highest BCUT2D eigenvalue weighted by molar-refractivity contribution is 5.99. The van der Waals surface area contributed by atoms with Gasteiger partial charge in [0.05, 0.1) is 26.0 Å². The van der Waals surface area contributed by atoms with E-state index >= 15 is 0 Å². The molecule has 3 aromatic carbocycles. The fraction of sp³-hybridized carbons (Fsp3) is 0.200. The third kappa shape index (κ3) is 3.90. The van der Waals surface area contributed by atoms with Gasteiger partial charge in [-0.05, 0) is 52.2 Å². The molecule has 4 aromatic rings. The van der Waals surface area contributed by atoms with Gasteiger partial charge >= 0.3 is 0 Å². The van der Waals surface area contributed by atoms with Crippen molar-refractivity contribution in [3.63, 3.8) is 0 Å². The van der Waals surface area contributed by atoms with Gasteiger partial charge in [0.1, 0.15) is 5.75 Å². The molecule has 156 valence electrons. The third-order valence-electron chi connectivity index (χ3n) is 5.71. The molecule has 0 atom stereocenters. The number of methoxy groups -OCH3 is 1. The van der Waals surface area contributed by atoms with E-state index in [4.69, 9.17) is 4.74 Å². The van der Waals surface area contributed by atoms with E-state index in [1.165, 1.54) is 0 Å². The molecule has 0 aliphatic carbocycles. The maximum absolute atomic E-state index is 12.5. The molecule has 0 radical (unpaired) electrons. The van der Waals surface area contributed by atoms with Crippen LogP contribution < -0.4 is 4.74 Å². The first-order chi connectivity index (χ1) is 15.1. The van der Waals surface area contributed by atoms with E-state index in [0.29, 0.717) is 25.2 Å². The molecular formula is C25H23N3O3. The Morgan fingerprint density at radius 2 is 1.77 bits per heavy atom.